The molecule has 0 saturated carbocycles. The number of aromatic nitrogens is 3. The van der Waals surface area contributed by atoms with Crippen LogP contribution >= 0.6 is 27.7 Å². The smallest absolute Gasteiger partial charge is 0.283 e. The highest BCUT2D eigenvalue weighted by atomic mass is 79.9. The predicted molar refractivity (Wildman–Crippen MR) is 90.1 cm³/mol. The minimum atomic E-state index is -0.166. The summed E-state index contributed by atoms with van der Waals surface area (Å²) in [5, 5.41) is 11.7. The summed E-state index contributed by atoms with van der Waals surface area (Å²) in [6.07, 6.45) is 1.64. The Morgan fingerprint density at radius 1 is 1.26 bits per heavy atom. The Bertz CT molecular complexity index is 853. The summed E-state index contributed by atoms with van der Waals surface area (Å²) in [6, 6.07) is 11.1. The van der Waals surface area contributed by atoms with Crippen molar-refractivity contribution in [2.45, 2.75) is 17.2 Å². The molecule has 0 aliphatic carbocycles. The average Bonchev–Trinajstić information content (AvgIpc) is 2.97. The third kappa shape index (κ3) is 3.96. The van der Waals surface area contributed by atoms with Gasteiger partial charge in [-0.25, -0.2) is 4.98 Å². The van der Waals surface area contributed by atoms with Gasteiger partial charge in [0.1, 0.15) is 5.03 Å². The molecule has 8 heteroatoms. The number of benzene rings is 1. The van der Waals surface area contributed by atoms with Crippen LogP contribution in [0, 0.1) is 0 Å². The highest BCUT2D eigenvalue weighted by Crippen LogP contribution is 2.32. The third-order valence-electron chi connectivity index (χ3n) is 2.74. The van der Waals surface area contributed by atoms with Crippen LogP contribution in [0.15, 0.2) is 61.7 Å². The minimum Gasteiger partial charge on any atom is -0.411 e. The van der Waals surface area contributed by atoms with Crippen LogP contribution < -0.4 is 5.32 Å². The van der Waals surface area contributed by atoms with E-state index in [0.29, 0.717) is 21.8 Å². The van der Waals surface area contributed by atoms with Crippen molar-refractivity contribution in [3.8, 4) is 11.5 Å². The summed E-state index contributed by atoms with van der Waals surface area (Å²) >= 11 is 4.61. The number of rotatable bonds is 4. The number of nitrogens with zero attached hydrogens (tertiary/aromatic N) is 3. The van der Waals surface area contributed by atoms with E-state index in [1.165, 1.54) is 18.7 Å². The van der Waals surface area contributed by atoms with Crippen LogP contribution in [0.4, 0.5) is 5.69 Å². The molecule has 0 aliphatic rings. The third-order valence-corrected chi connectivity index (χ3v) is 4.10. The van der Waals surface area contributed by atoms with Crippen molar-refractivity contribution in [3.63, 3.8) is 0 Å². The fourth-order valence-electron chi connectivity index (χ4n) is 1.83. The van der Waals surface area contributed by atoms with Gasteiger partial charge in [-0.05, 0) is 42.1 Å². The zero-order valence-corrected chi connectivity index (χ0v) is 14.4. The Kier molecular flexibility index (Phi) is 4.73. The minimum absolute atomic E-state index is 0.166. The molecule has 0 unspecified atom stereocenters. The molecule has 6 nitrogen and oxygen atoms in total. The number of carbonyl (C=O) groups excluding carboxylic acids is 1. The van der Waals surface area contributed by atoms with Crippen LogP contribution in [0.2, 0.25) is 0 Å². The van der Waals surface area contributed by atoms with Crippen LogP contribution in [-0.2, 0) is 4.79 Å². The molecule has 1 N–H and O–H groups in total. The Labute approximate surface area is 144 Å². The lowest BCUT2D eigenvalue weighted by Gasteiger charge is -2.05. The number of pyridine rings is 1. The van der Waals surface area contributed by atoms with Crippen molar-refractivity contribution in [2.75, 3.05) is 5.32 Å². The van der Waals surface area contributed by atoms with Gasteiger partial charge in [-0.2, -0.15) is 0 Å². The molecular weight excluding hydrogens is 380 g/mol. The maximum Gasteiger partial charge on any atom is 0.283 e. The molecule has 3 rings (SSSR count). The number of hydrogen-bond acceptors (Lipinski definition) is 6. The van der Waals surface area contributed by atoms with E-state index in [4.69, 9.17) is 4.42 Å². The molecule has 1 aromatic carbocycles. The number of amides is 1. The van der Waals surface area contributed by atoms with Gasteiger partial charge in [-0.3, -0.25) is 4.79 Å². The van der Waals surface area contributed by atoms with Gasteiger partial charge in [0, 0.05) is 23.2 Å². The quantitative estimate of drug-likeness (QED) is 0.724. The maximum atomic E-state index is 11.2. The monoisotopic (exact) mass is 390 g/mol. The lowest BCUT2D eigenvalue weighted by molar-refractivity contribution is -0.114. The van der Waals surface area contributed by atoms with Crippen molar-refractivity contribution in [1.82, 2.24) is 15.2 Å². The van der Waals surface area contributed by atoms with E-state index in [1.807, 2.05) is 24.3 Å². The first-order chi connectivity index (χ1) is 11.1. The largest absolute Gasteiger partial charge is 0.411 e. The second kappa shape index (κ2) is 6.93. The van der Waals surface area contributed by atoms with Crippen molar-refractivity contribution in [1.29, 1.82) is 0 Å². The van der Waals surface area contributed by atoms with Crippen LogP contribution in [-0.4, -0.2) is 21.1 Å². The Hall–Kier alpha value is -2.19. The van der Waals surface area contributed by atoms with Gasteiger partial charge in [0.05, 0.1) is 5.69 Å². The van der Waals surface area contributed by atoms with Gasteiger partial charge < -0.3 is 9.73 Å². The summed E-state index contributed by atoms with van der Waals surface area (Å²) in [7, 11) is 0. The Balaban J connectivity index is 1.84. The molecule has 116 valence electrons. The molecule has 0 fully saturated rings. The van der Waals surface area contributed by atoms with E-state index in [9.17, 15) is 4.79 Å². The normalized spacial score (nSPS) is 10.5. The fourth-order valence-corrected chi connectivity index (χ4v) is 2.94. The van der Waals surface area contributed by atoms with Crippen molar-refractivity contribution in [3.05, 3.63) is 47.1 Å². The number of halogens is 1. The molecule has 2 heterocycles. The summed E-state index contributed by atoms with van der Waals surface area (Å²) in [5.74, 6) is 0.256. The first-order valence-corrected chi connectivity index (χ1v) is 8.22. The zero-order chi connectivity index (χ0) is 16.2. The van der Waals surface area contributed by atoms with E-state index in [2.05, 4.69) is 36.4 Å². The van der Waals surface area contributed by atoms with Crippen LogP contribution in [0.3, 0.4) is 0 Å². The molecule has 0 spiro atoms. The SMILES string of the molecule is CC(=O)Nc1cccnc1Sc1nnc(-c2cccc(Br)c2)o1. The Morgan fingerprint density at radius 3 is 2.91 bits per heavy atom. The molecule has 2 aromatic heterocycles. The van der Waals surface area contributed by atoms with Gasteiger partial charge in [0.15, 0.2) is 0 Å². The number of hydrogen-bond donors (Lipinski definition) is 1. The summed E-state index contributed by atoms with van der Waals surface area (Å²) in [5.41, 5.74) is 1.43. The van der Waals surface area contributed by atoms with E-state index < -0.39 is 0 Å². The number of nitrogens with one attached hydrogen (secondary N) is 1. The van der Waals surface area contributed by atoms with Crippen LogP contribution in [0.25, 0.3) is 11.5 Å². The first kappa shape index (κ1) is 15.7. The first-order valence-electron chi connectivity index (χ1n) is 6.62. The van der Waals surface area contributed by atoms with Gasteiger partial charge in [0.25, 0.3) is 5.22 Å². The predicted octanol–water partition coefficient (Wildman–Crippen LogP) is 4.00. The standard InChI is InChI=1S/C15H11BrN4O2S/c1-9(21)18-12-6-3-7-17-14(12)23-15-20-19-13(22-15)10-4-2-5-11(16)8-10/h2-8H,1H3,(H,18,21). The molecular formula is C15H11BrN4O2S. The van der Waals surface area contributed by atoms with E-state index >= 15 is 0 Å². The van der Waals surface area contributed by atoms with Gasteiger partial charge >= 0.3 is 0 Å². The average molecular weight is 391 g/mol. The molecule has 0 bridgehead atoms. The zero-order valence-electron chi connectivity index (χ0n) is 12.0. The molecule has 0 atom stereocenters. The van der Waals surface area contributed by atoms with E-state index in [-0.39, 0.29) is 5.91 Å². The number of carbonyl (C=O) groups is 1. The lowest BCUT2D eigenvalue weighted by atomic mass is 10.2. The van der Waals surface area contributed by atoms with Crippen molar-refractivity contribution < 1.29 is 9.21 Å². The fraction of sp³-hybridized carbons (Fsp3) is 0.0667. The topological polar surface area (TPSA) is 80.9 Å². The lowest BCUT2D eigenvalue weighted by Crippen LogP contribution is -2.07. The molecule has 0 radical (unpaired) electrons. The van der Waals surface area contributed by atoms with Crippen LogP contribution in [0.1, 0.15) is 6.92 Å². The molecule has 3 aromatic rings. The second-order valence-corrected chi connectivity index (χ2v) is 6.38. The van der Waals surface area contributed by atoms with Crippen molar-refractivity contribution in [2.24, 2.45) is 0 Å². The summed E-state index contributed by atoms with van der Waals surface area (Å²) in [4.78, 5) is 15.5. The molecule has 0 saturated heterocycles. The Morgan fingerprint density at radius 2 is 2.13 bits per heavy atom. The van der Waals surface area contributed by atoms with Gasteiger partial charge in [0.2, 0.25) is 11.8 Å². The molecule has 23 heavy (non-hydrogen) atoms. The van der Waals surface area contributed by atoms with Gasteiger partial charge in [-0.15, -0.1) is 10.2 Å². The van der Waals surface area contributed by atoms with E-state index in [0.717, 1.165) is 10.0 Å². The van der Waals surface area contributed by atoms with Gasteiger partial charge in [-0.1, -0.05) is 22.0 Å². The molecule has 1 amide bonds. The molecule has 0 aliphatic heterocycles. The summed E-state index contributed by atoms with van der Waals surface area (Å²) < 4.78 is 6.59. The van der Waals surface area contributed by atoms with E-state index in [1.54, 1.807) is 18.3 Å². The maximum absolute atomic E-state index is 11.2. The number of anilines is 1. The van der Waals surface area contributed by atoms with Crippen molar-refractivity contribution >= 4 is 39.3 Å². The summed E-state index contributed by atoms with van der Waals surface area (Å²) in [6.45, 7) is 1.44. The highest BCUT2D eigenvalue weighted by molar-refractivity contribution is 9.10. The highest BCUT2D eigenvalue weighted by Gasteiger charge is 2.13. The second-order valence-electron chi connectivity index (χ2n) is 4.52. The van der Waals surface area contributed by atoms with Crippen LogP contribution in [0.5, 0.6) is 0 Å².